The fourth-order valence-electron chi connectivity index (χ4n) is 2.41. The molecule has 5 heteroatoms. The number of aryl methyl sites for hydroxylation is 1. The van der Waals surface area contributed by atoms with Crippen LogP contribution >= 0.6 is 0 Å². The van der Waals surface area contributed by atoms with E-state index in [-0.39, 0.29) is 12.5 Å². The highest BCUT2D eigenvalue weighted by Gasteiger charge is 2.12. The number of rotatable bonds is 4. The highest BCUT2D eigenvalue weighted by atomic mass is 16.3. The first-order chi connectivity index (χ1) is 10.7. The average Bonchev–Trinajstić information content (AvgIpc) is 2.95. The maximum absolute atomic E-state index is 12.4. The van der Waals surface area contributed by atoms with Crippen LogP contribution in [0.3, 0.4) is 0 Å². The van der Waals surface area contributed by atoms with Crippen molar-refractivity contribution in [1.82, 2.24) is 14.7 Å². The van der Waals surface area contributed by atoms with Crippen molar-refractivity contribution < 1.29 is 9.90 Å². The largest absolute Gasteiger partial charge is 0.392 e. The molecule has 0 aliphatic heterocycles. The third-order valence-corrected chi connectivity index (χ3v) is 3.61. The van der Waals surface area contributed by atoms with E-state index >= 15 is 0 Å². The van der Waals surface area contributed by atoms with Gasteiger partial charge in [0.05, 0.1) is 12.8 Å². The van der Waals surface area contributed by atoms with Gasteiger partial charge in [0.15, 0.2) is 0 Å². The molecule has 0 saturated heterocycles. The first-order valence-corrected chi connectivity index (χ1v) is 7.08. The van der Waals surface area contributed by atoms with E-state index in [2.05, 4.69) is 10.3 Å². The summed E-state index contributed by atoms with van der Waals surface area (Å²) in [4.78, 5) is 16.6. The number of pyridine rings is 1. The molecule has 0 spiro atoms. The number of aromatic nitrogens is 2. The molecule has 1 amide bonds. The molecule has 3 aromatic rings. The lowest BCUT2D eigenvalue weighted by Crippen LogP contribution is -2.24. The minimum atomic E-state index is -0.189. The van der Waals surface area contributed by atoms with Gasteiger partial charge in [-0.3, -0.25) is 9.20 Å². The number of benzene rings is 1. The summed E-state index contributed by atoms with van der Waals surface area (Å²) in [7, 11) is 0. The number of aliphatic hydroxyl groups excluding tert-OH is 1. The van der Waals surface area contributed by atoms with Crippen LogP contribution in [0.1, 0.15) is 27.2 Å². The number of aliphatic hydroxyl groups is 1. The molecule has 2 aromatic heterocycles. The smallest absolute Gasteiger partial charge is 0.270 e. The van der Waals surface area contributed by atoms with Crippen molar-refractivity contribution >= 4 is 11.6 Å². The van der Waals surface area contributed by atoms with Crippen molar-refractivity contribution in [3.63, 3.8) is 0 Å². The first kappa shape index (κ1) is 14.3. The molecule has 1 aromatic carbocycles. The molecule has 0 unspecified atom stereocenters. The van der Waals surface area contributed by atoms with Crippen LogP contribution in [0, 0.1) is 6.92 Å². The van der Waals surface area contributed by atoms with Gasteiger partial charge in [-0.15, -0.1) is 0 Å². The Balaban J connectivity index is 1.80. The molecule has 3 rings (SSSR count). The highest BCUT2D eigenvalue weighted by Crippen LogP contribution is 2.11. The van der Waals surface area contributed by atoms with Gasteiger partial charge in [0.1, 0.15) is 11.3 Å². The molecule has 0 aliphatic rings. The predicted molar refractivity (Wildman–Crippen MR) is 83.5 cm³/mol. The summed E-state index contributed by atoms with van der Waals surface area (Å²) in [5.74, 6) is -0.189. The Bertz CT molecular complexity index is 824. The summed E-state index contributed by atoms with van der Waals surface area (Å²) in [6.07, 6.45) is 3.46. The van der Waals surface area contributed by atoms with E-state index in [9.17, 15) is 9.90 Å². The maximum atomic E-state index is 12.4. The minimum absolute atomic E-state index is 0.0408. The molecule has 0 radical (unpaired) electrons. The molecule has 2 N–H and O–H groups in total. The maximum Gasteiger partial charge on any atom is 0.270 e. The van der Waals surface area contributed by atoms with Gasteiger partial charge >= 0.3 is 0 Å². The second kappa shape index (κ2) is 5.99. The van der Waals surface area contributed by atoms with Gasteiger partial charge in [-0.05, 0) is 29.7 Å². The van der Waals surface area contributed by atoms with Gasteiger partial charge in [-0.2, -0.15) is 0 Å². The van der Waals surface area contributed by atoms with E-state index in [1.807, 2.05) is 49.5 Å². The molecule has 0 fully saturated rings. The molecule has 112 valence electrons. The Morgan fingerprint density at radius 2 is 2.00 bits per heavy atom. The molecule has 0 saturated carbocycles. The highest BCUT2D eigenvalue weighted by molar-refractivity contribution is 5.93. The fraction of sp³-hybridized carbons (Fsp3) is 0.176. The average molecular weight is 295 g/mol. The lowest BCUT2D eigenvalue weighted by atomic mass is 10.1. The second-order valence-electron chi connectivity index (χ2n) is 5.19. The Kier molecular flexibility index (Phi) is 3.89. The summed E-state index contributed by atoms with van der Waals surface area (Å²) in [6, 6.07) is 11.3. The topological polar surface area (TPSA) is 66.6 Å². The fourth-order valence-corrected chi connectivity index (χ4v) is 2.41. The van der Waals surface area contributed by atoms with Gasteiger partial charge in [0, 0.05) is 12.7 Å². The molecule has 22 heavy (non-hydrogen) atoms. The lowest BCUT2D eigenvalue weighted by molar-refractivity contribution is 0.0944. The van der Waals surface area contributed by atoms with Gasteiger partial charge in [-0.25, -0.2) is 4.98 Å². The van der Waals surface area contributed by atoms with Crippen LogP contribution in [0.25, 0.3) is 5.65 Å². The number of nitrogens with zero attached hydrogens (tertiary/aromatic N) is 2. The monoisotopic (exact) mass is 295 g/mol. The standard InChI is InChI=1S/C17H17N3O2/c1-12-6-7-16-18-9-15(20(16)10-12)17(22)19-8-13-4-2-3-5-14(13)11-21/h2-7,9-10,21H,8,11H2,1H3,(H,19,22). The molecule has 0 aliphatic carbocycles. The molecular weight excluding hydrogens is 278 g/mol. The minimum Gasteiger partial charge on any atom is -0.392 e. The summed E-state index contributed by atoms with van der Waals surface area (Å²) in [5, 5.41) is 12.2. The van der Waals surface area contributed by atoms with Gasteiger partial charge in [0.25, 0.3) is 5.91 Å². The third-order valence-electron chi connectivity index (χ3n) is 3.61. The summed E-state index contributed by atoms with van der Waals surface area (Å²) in [6.45, 7) is 2.30. The van der Waals surface area contributed by atoms with Crippen LogP contribution in [-0.4, -0.2) is 20.4 Å². The first-order valence-electron chi connectivity index (χ1n) is 7.08. The number of imidazole rings is 1. The Hall–Kier alpha value is -2.66. The van der Waals surface area contributed by atoms with Gasteiger partial charge in [0.2, 0.25) is 0 Å². The van der Waals surface area contributed by atoms with Crippen LogP contribution in [0.2, 0.25) is 0 Å². The van der Waals surface area contributed by atoms with Crippen molar-refractivity contribution in [3.8, 4) is 0 Å². The zero-order valence-corrected chi connectivity index (χ0v) is 12.3. The van der Waals surface area contributed by atoms with Gasteiger partial charge in [-0.1, -0.05) is 30.3 Å². The molecule has 0 bridgehead atoms. The molecule has 2 heterocycles. The second-order valence-corrected chi connectivity index (χ2v) is 5.19. The summed E-state index contributed by atoms with van der Waals surface area (Å²) >= 11 is 0. The number of nitrogens with one attached hydrogen (secondary N) is 1. The van der Waals surface area contributed by atoms with E-state index < -0.39 is 0 Å². The third kappa shape index (κ3) is 2.71. The van der Waals surface area contributed by atoms with Crippen LogP contribution in [-0.2, 0) is 13.2 Å². The SMILES string of the molecule is Cc1ccc2ncc(C(=O)NCc3ccccc3CO)n2c1. The van der Waals surface area contributed by atoms with Crippen LogP contribution in [0.15, 0.2) is 48.8 Å². The van der Waals surface area contributed by atoms with Crippen molar-refractivity contribution in [2.45, 2.75) is 20.1 Å². The van der Waals surface area contributed by atoms with E-state index in [1.54, 1.807) is 10.6 Å². The van der Waals surface area contributed by atoms with Crippen molar-refractivity contribution in [1.29, 1.82) is 0 Å². The van der Waals surface area contributed by atoms with E-state index in [1.165, 1.54) is 0 Å². The van der Waals surface area contributed by atoms with Crippen molar-refractivity contribution in [2.75, 3.05) is 0 Å². The zero-order chi connectivity index (χ0) is 15.5. The van der Waals surface area contributed by atoms with Crippen LogP contribution < -0.4 is 5.32 Å². The lowest BCUT2D eigenvalue weighted by Gasteiger charge is -2.09. The number of amides is 1. The van der Waals surface area contributed by atoms with E-state index in [4.69, 9.17) is 0 Å². The molecule has 0 atom stereocenters. The predicted octanol–water partition coefficient (Wildman–Crippen LogP) is 2.07. The quantitative estimate of drug-likeness (QED) is 0.774. The number of fused-ring (bicyclic) bond motifs is 1. The van der Waals surface area contributed by atoms with E-state index in [0.717, 1.165) is 22.3 Å². The number of hydrogen-bond donors (Lipinski definition) is 2. The van der Waals surface area contributed by atoms with Crippen molar-refractivity contribution in [3.05, 3.63) is 71.2 Å². The number of carbonyl (C=O) groups excluding carboxylic acids is 1. The van der Waals surface area contributed by atoms with Crippen LogP contribution in [0.4, 0.5) is 0 Å². The van der Waals surface area contributed by atoms with Gasteiger partial charge < -0.3 is 10.4 Å². The van der Waals surface area contributed by atoms with Crippen LogP contribution in [0.5, 0.6) is 0 Å². The zero-order valence-electron chi connectivity index (χ0n) is 12.3. The Labute approximate surface area is 128 Å². The van der Waals surface area contributed by atoms with E-state index in [0.29, 0.717) is 12.2 Å². The van der Waals surface area contributed by atoms with Crippen molar-refractivity contribution in [2.24, 2.45) is 0 Å². The Morgan fingerprint density at radius 3 is 2.77 bits per heavy atom. The normalized spacial score (nSPS) is 10.8. The molecule has 5 nitrogen and oxygen atoms in total. The number of hydrogen-bond acceptors (Lipinski definition) is 3. The summed E-state index contributed by atoms with van der Waals surface area (Å²) < 4.78 is 1.78. The molecular formula is C17H17N3O2. The number of carbonyl (C=O) groups is 1. The summed E-state index contributed by atoms with van der Waals surface area (Å²) in [5.41, 5.74) is 4.03. The Morgan fingerprint density at radius 1 is 1.23 bits per heavy atom.